The summed E-state index contributed by atoms with van der Waals surface area (Å²) in [5.74, 6) is 0.724. The van der Waals surface area contributed by atoms with Crippen molar-refractivity contribution in [3.63, 3.8) is 0 Å². The lowest BCUT2D eigenvalue weighted by atomic mass is 10.1. The van der Waals surface area contributed by atoms with Crippen LogP contribution in [0, 0.1) is 6.92 Å². The lowest BCUT2D eigenvalue weighted by molar-refractivity contribution is 0.222. The molecular weight excluding hydrogens is 260 g/mol. The first kappa shape index (κ1) is 10.3. The summed E-state index contributed by atoms with van der Waals surface area (Å²) >= 11 is 3.43. The van der Waals surface area contributed by atoms with Gasteiger partial charge in [-0.25, -0.2) is 0 Å². The fraction of sp³-hybridized carbons (Fsp3) is 0.200. The van der Waals surface area contributed by atoms with Gasteiger partial charge < -0.3 is 9.63 Å². The highest BCUT2D eigenvalue weighted by Gasteiger charge is 2.11. The van der Waals surface area contributed by atoms with Crippen LogP contribution in [0.1, 0.15) is 11.5 Å². The normalized spacial score (nSPS) is 10.6. The molecule has 0 unspecified atom stereocenters. The maximum absolute atomic E-state index is 8.82. The maximum atomic E-state index is 8.82. The van der Waals surface area contributed by atoms with Gasteiger partial charge in [0.1, 0.15) is 6.61 Å². The average Bonchev–Trinajstić information content (AvgIpc) is 2.70. The standard InChI is InChI=1S/C10H9BrN2O2/c1-6-7(3-2-4-8(6)11)10-12-9(5-14)15-13-10/h2-4,14H,5H2,1H3. The zero-order valence-electron chi connectivity index (χ0n) is 8.07. The van der Waals surface area contributed by atoms with Gasteiger partial charge in [0.05, 0.1) is 0 Å². The Labute approximate surface area is 95.1 Å². The van der Waals surface area contributed by atoms with Crippen molar-refractivity contribution in [2.24, 2.45) is 0 Å². The molecule has 2 aromatic rings. The molecule has 0 fully saturated rings. The molecule has 0 aliphatic carbocycles. The van der Waals surface area contributed by atoms with Gasteiger partial charge in [0, 0.05) is 10.0 Å². The number of nitrogens with zero attached hydrogens (tertiary/aromatic N) is 2. The van der Waals surface area contributed by atoms with Gasteiger partial charge in [-0.05, 0) is 18.6 Å². The van der Waals surface area contributed by atoms with Gasteiger partial charge in [0.2, 0.25) is 5.82 Å². The molecule has 1 N–H and O–H groups in total. The molecule has 1 aromatic heterocycles. The van der Waals surface area contributed by atoms with Gasteiger partial charge in [0.25, 0.3) is 5.89 Å². The summed E-state index contributed by atoms with van der Waals surface area (Å²) in [6.45, 7) is 1.73. The van der Waals surface area contributed by atoms with Gasteiger partial charge in [-0.3, -0.25) is 0 Å². The molecule has 0 saturated heterocycles. The Bertz CT molecular complexity index is 482. The van der Waals surface area contributed by atoms with Crippen LogP contribution in [0.5, 0.6) is 0 Å². The number of halogens is 1. The van der Waals surface area contributed by atoms with E-state index >= 15 is 0 Å². The van der Waals surface area contributed by atoms with E-state index in [0.717, 1.165) is 15.6 Å². The summed E-state index contributed by atoms with van der Waals surface area (Å²) in [7, 11) is 0. The summed E-state index contributed by atoms with van der Waals surface area (Å²) in [6, 6.07) is 5.76. The third-order valence-electron chi connectivity index (χ3n) is 2.11. The molecule has 0 aliphatic rings. The van der Waals surface area contributed by atoms with E-state index in [9.17, 15) is 0 Å². The highest BCUT2D eigenvalue weighted by Crippen LogP contribution is 2.26. The Balaban J connectivity index is 2.49. The van der Waals surface area contributed by atoms with Crippen molar-refractivity contribution < 1.29 is 9.63 Å². The van der Waals surface area contributed by atoms with Crippen LogP contribution in [0.15, 0.2) is 27.2 Å². The molecule has 78 valence electrons. The summed E-state index contributed by atoms with van der Waals surface area (Å²) in [5.41, 5.74) is 1.94. The predicted octanol–water partition coefficient (Wildman–Crippen LogP) is 2.30. The first-order valence-electron chi connectivity index (χ1n) is 4.41. The number of hydrogen-bond acceptors (Lipinski definition) is 4. The summed E-state index contributed by atoms with van der Waals surface area (Å²) in [5, 5.41) is 12.6. The molecule has 4 nitrogen and oxygen atoms in total. The molecule has 15 heavy (non-hydrogen) atoms. The number of aromatic nitrogens is 2. The third kappa shape index (κ3) is 1.93. The minimum atomic E-state index is -0.236. The van der Waals surface area contributed by atoms with E-state index in [2.05, 4.69) is 26.1 Å². The number of aliphatic hydroxyl groups is 1. The zero-order chi connectivity index (χ0) is 10.8. The van der Waals surface area contributed by atoms with E-state index in [-0.39, 0.29) is 12.5 Å². The van der Waals surface area contributed by atoms with Crippen molar-refractivity contribution in [3.8, 4) is 11.4 Å². The molecule has 1 heterocycles. The van der Waals surface area contributed by atoms with E-state index in [4.69, 9.17) is 9.63 Å². The van der Waals surface area contributed by atoms with Crippen molar-refractivity contribution >= 4 is 15.9 Å². The van der Waals surface area contributed by atoms with E-state index in [1.807, 2.05) is 25.1 Å². The highest BCUT2D eigenvalue weighted by molar-refractivity contribution is 9.10. The Morgan fingerprint density at radius 2 is 2.27 bits per heavy atom. The summed E-state index contributed by atoms with van der Waals surface area (Å²) in [4.78, 5) is 4.05. The zero-order valence-corrected chi connectivity index (χ0v) is 9.65. The van der Waals surface area contributed by atoms with E-state index in [1.165, 1.54) is 0 Å². The van der Waals surface area contributed by atoms with Crippen LogP contribution >= 0.6 is 15.9 Å². The van der Waals surface area contributed by atoms with Gasteiger partial charge in [-0.1, -0.05) is 33.2 Å². The second kappa shape index (κ2) is 4.12. The molecule has 1 aromatic carbocycles. The van der Waals surface area contributed by atoms with Gasteiger partial charge in [0.15, 0.2) is 0 Å². The van der Waals surface area contributed by atoms with Crippen molar-refractivity contribution in [1.29, 1.82) is 0 Å². The van der Waals surface area contributed by atoms with E-state index < -0.39 is 0 Å². The highest BCUT2D eigenvalue weighted by atomic mass is 79.9. The Morgan fingerprint density at radius 3 is 2.93 bits per heavy atom. The quantitative estimate of drug-likeness (QED) is 0.908. The number of aliphatic hydroxyl groups excluding tert-OH is 1. The first-order chi connectivity index (χ1) is 7.22. The number of benzene rings is 1. The minimum absolute atomic E-state index is 0.226. The van der Waals surface area contributed by atoms with Crippen LogP contribution in [-0.2, 0) is 6.61 Å². The van der Waals surface area contributed by atoms with Crippen molar-refractivity contribution in [3.05, 3.63) is 34.1 Å². The van der Waals surface area contributed by atoms with E-state index in [0.29, 0.717) is 5.82 Å². The molecule has 0 aliphatic heterocycles. The SMILES string of the molecule is Cc1c(Br)cccc1-c1noc(CO)n1. The molecular formula is C10H9BrN2O2. The Hall–Kier alpha value is -1.20. The second-order valence-electron chi connectivity index (χ2n) is 3.08. The maximum Gasteiger partial charge on any atom is 0.252 e. The lowest BCUT2D eigenvalue weighted by Gasteiger charge is -2.01. The predicted molar refractivity (Wildman–Crippen MR) is 58.1 cm³/mol. The molecule has 0 atom stereocenters. The molecule has 0 amide bonds. The van der Waals surface area contributed by atoms with Crippen LogP contribution in [0.2, 0.25) is 0 Å². The molecule has 0 saturated carbocycles. The van der Waals surface area contributed by atoms with Crippen LogP contribution in [0.3, 0.4) is 0 Å². The Kier molecular flexibility index (Phi) is 2.83. The molecule has 0 radical (unpaired) electrons. The van der Waals surface area contributed by atoms with Crippen molar-refractivity contribution in [2.75, 3.05) is 0 Å². The van der Waals surface area contributed by atoms with Gasteiger partial charge in [-0.15, -0.1) is 0 Å². The van der Waals surface area contributed by atoms with Crippen LogP contribution in [0.25, 0.3) is 11.4 Å². The smallest absolute Gasteiger partial charge is 0.252 e. The van der Waals surface area contributed by atoms with Crippen molar-refractivity contribution in [2.45, 2.75) is 13.5 Å². The molecule has 2 rings (SSSR count). The summed E-state index contributed by atoms with van der Waals surface area (Å²) in [6.07, 6.45) is 0. The van der Waals surface area contributed by atoms with Gasteiger partial charge in [-0.2, -0.15) is 4.98 Å². The largest absolute Gasteiger partial charge is 0.387 e. The monoisotopic (exact) mass is 268 g/mol. The molecule has 5 heteroatoms. The van der Waals surface area contributed by atoms with Crippen LogP contribution in [0.4, 0.5) is 0 Å². The molecule has 0 bridgehead atoms. The van der Waals surface area contributed by atoms with E-state index in [1.54, 1.807) is 0 Å². The van der Waals surface area contributed by atoms with Crippen LogP contribution < -0.4 is 0 Å². The van der Waals surface area contributed by atoms with Gasteiger partial charge >= 0.3 is 0 Å². The minimum Gasteiger partial charge on any atom is -0.387 e. The Morgan fingerprint density at radius 1 is 1.47 bits per heavy atom. The first-order valence-corrected chi connectivity index (χ1v) is 5.20. The number of rotatable bonds is 2. The average molecular weight is 269 g/mol. The fourth-order valence-electron chi connectivity index (χ4n) is 1.28. The van der Waals surface area contributed by atoms with Crippen LogP contribution in [-0.4, -0.2) is 15.2 Å². The topological polar surface area (TPSA) is 59.2 Å². The number of hydrogen-bond donors (Lipinski definition) is 1. The molecule has 0 spiro atoms. The second-order valence-corrected chi connectivity index (χ2v) is 3.94. The summed E-state index contributed by atoms with van der Waals surface area (Å²) < 4.78 is 5.83. The third-order valence-corrected chi connectivity index (χ3v) is 2.97. The fourth-order valence-corrected chi connectivity index (χ4v) is 1.64. The lowest BCUT2D eigenvalue weighted by Crippen LogP contribution is -1.87. The van der Waals surface area contributed by atoms with Crippen molar-refractivity contribution in [1.82, 2.24) is 10.1 Å².